The standard InChI is InChI=1S/C14H23NO4/c1-14(2,3)19-13(17)15-9-7-11(8-10-15)5-6-12(16)18-4/h5-6,11H,7-10H2,1-4H3. The van der Waals surface area contributed by atoms with Crippen molar-refractivity contribution in [3.8, 4) is 0 Å². The van der Waals surface area contributed by atoms with Gasteiger partial charge in [-0.25, -0.2) is 9.59 Å². The van der Waals surface area contributed by atoms with Crippen LogP contribution < -0.4 is 0 Å². The van der Waals surface area contributed by atoms with Gasteiger partial charge in [-0.1, -0.05) is 6.08 Å². The number of esters is 1. The van der Waals surface area contributed by atoms with Crippen LogP contribution in [0, 0.1) is 5.92 Å². The van der Waals surface area contributed by atoms with Crippen LogP contribution in [-0.2, 0) is 14.3 Å². The Labute approximate surface area is 114 Å². The van der Waals surface area contributed by atoms with Crippen molar-refractivity contribution >= 4 is 12.1 Å². The van der Waals surface area contributed by atoms with Crippen LogP contribution in [0.4, 0.5) is 4.79 Å². The average Bonchev–Trinajstić information content (AvgIpc) is 2.34. The number of carbonyl (C=O) groups excluding carboxylic acids is 2. The number of ether oxygens (including phenoxy) is 2. The molecule has 1 aliphatic rings. The molecule has 0 bridgehead atoms. The summed E-state index contributed by atoms with van der Waals surface area (Å²) in [5, 5.41) is 0. The number of methoxy groups -OCH3 is 1. The highest BCUT2D eigenvalue weighted by Crippen LogP contribution is 2.20. The number of piperidine rings is 1. The molecule has 0 saturated carbocycles. The van der Waals surface area contributed by atoms with Crippen molar-refractivity contribution < 1.29 is 19.1 Å². The van der Waals surface area contributed by atoms with Gasteiger partial charge in [0.2, 0.25) is 0 Å². The van der Waals surface area contributed by atoms with Gasteiger partial charge in [-0.3, -0.25) is 0 Å². The first kappa shape index (κ1) is 15.5. The molecule has 1 aliphatic heterocycles. The van der Waals surface area contributed by atoms with Crippen molar-refractivity contribution in [3.63, 3.8) is 0 Å². The second kappa shape index (κ2) is 6.59. The zero-order valence-corrected chi connectivity index (χ0v) is 12.1. The Morgan fingerprint density at radius 1 is 1.21 bits per heavy atom. The summed E-state index contributed by atoms with van der Waals surface area (Å²) in [5.74, 6) is -0.0210. The molecule has 5 heteroatoms. The number of rotatable bonds is 2. The molecule has 0 aliphatic carbocycles. The van der Waals surface area contributed by atoms with Crippen molar-refractivity contribution in [2.75, 3.05) is 20.2 Å². The summed E-state index contributed by atoms with van der Waals surface area (Å²) in [6.07, 6.45) is 4.73. The Kier molecular flexibility index (Phi) is 5.39. The van der Waals surface area contributed by atoms with Crippen LogP contribution in [0.5, 0.6) is 0 Å². The van der Waals surface area contributed by atoms with Crippen molar-refractivity contribution in [3.05, 3.63) is 12.2 Å². The first-order valence-corrected chi connectivity index (χ1v) is 6.56. The highest BCUT2D eigenvalue weighted by atomic mass is 16.6. The van der Waals surface area contributed by atoms with Crippen molar-refractivity contribution in [1.82, 2.24) is 4.90 Å². The average molecular weight is 269 g/mol. The highest BCUT2D eigenvalue weighted by Gasteiger charge is 2.25. The smallest absolute Gasteiger partial charge is 0.410 e. The molecule has 0 N–H and O–H groups in total. The number of allylic oxidation sites excluding steroid dienone is 1. The zero-order valence-electron chi connectivity index (χ0n) is 12.1. The van der Waals surface area contributed by atoms with E-state index in [9.17, 15) is 9.59 Å². The van der Waals surface area contributed by atoms with E-state index in [2.05, 4.69) is 4.74 Å². The van der Waals surface area contributed by atoms with Crippen LogP contribution in [0.1, 0.15) is 33.6 Å². The van der Waals surface area contributed by atoms with Crippen molar-refractivity contribution in [2.24, 2.45) is 5.92 Å². The Morgan fingerprint density at radius 3 is 2.26 bits per heavy atom. The second-order valence-electron chi connectivity index (χ2n) is 5.69. The van der Waals surface area contributed by atoms with E-state index in [4.69, 9.17) is 4.74 Å². The van der Waals surface area contributed by atoms with Gasteiger partial charge in [-0.05, 0) is 39.5 Å². The van der Waals surface area contributed by atoms with Crippen LogP contribution in [0.3, 0.4) is 0 Å². The number of nitrogens with zero attached hydrogens (tertiary/aromatic N) is 1. The van der Waals surface area contributed by atoms with Crippen molar-refractivity contribution in [1.29, 1.82) is 0 Å². The molecule has 1 rings (SSSR count). The fourth-order valence-electron chi connectivity index (χ4n) is 1.88. The van der Waals surface area contributed by atoms with Gasteiger partial charge in [0.25, 0.3) is 0 Å². The lowest BCUT2D eigenvalue weighted by Gasteiger charge is -2.32. The number of hydrogen-bond acceptors (Lipinski definition) is 4. The van der Waals surface area contributed by atoms with E-state index < -0.39 is 5.60 Å². The lowest BCUT2D eigenvalue weighted by Crippen LogP contribution is -2.41. The Balaban J connectivity index is 2.38. The first-order chi connectivity index (χ1) is 8.81. The van der Waals surface area contributed by atoms with E-state index in [0.717, 1.165) is 12.8 Å². The van der Waals surface area contributed by atoms with Crippen molar-refractivity contribution in [2.45, 2.75) is 39.2 Å². The third-order valence-electron chi connectivity index (χ3n) is 2.90. The lowest BCUT2D eigenvalue weighted by molar-refractivity contribution is -0.134. The van der Waals surface area contributed by atoms with Crippen LogP contribution in [0.15, 0.2) is 12.2 Å². The molecule has 0 unspecified atom stereocenters. The van der Waals surface area contributed by atoms with Gasteiger partial charge >= 0.3 is 12.1 Å². The molecule has 1 amide bonds. The fraction of sp³-hybridized carbons (Fsp3) is 0.714. The summed E-state index contributed by atoms with van der Waals surface area (Å²) in [4.78, 5) is 24.6. The number of hydrogen-bond donors (Lipinski definition) is 0. The highest BCUT2D eigenvalue weighted by molar-refractivity contribution is 5.81. The largest absolute Gasteiger partial charge is 0.466 e. The lowest BCUT2D eigenvalue weighted by atomic mass is 9.96. The number of amides is 1. The van der Waals surface area contributed by atoms with E-state index in [1.807, 2.05) is 26.8 Å². The van der Waals surface area contributed by atoms with E-state index in [-0.39, 0.29) is 12.1 Å². The first-order valence-electron chi connectivity index (χ1n) is 6.56. The molecule has 19 heavy (non-hydrogen) atoms. The predicted octanol–water partition coefficient (Wildman–Crippen LogP) is 2.36. The van der Waals surface area contributed by atoms with Crippen LogP contribution in [-0.4, -0.2) is 42.8 Å². The molecule has 5 nitrogen and oxygen atoms in total. The van der Waals surface area contributed by atoms with Gasteiger partial charge in [-0.15, -0.1) is 0 Å². The molecule has 1 saturated heterocycles. The van der Waals surface area contributed by atoms with Gasteiger partial charge in [0, 0.05) is 19.2 Å². The molecule has 0 spiro atoms. The maximum Gasteiger partial charge on any atom is 0.410 e. The molecule has 1 heterocycles. The predicted molar refractivity (Wildman–Crippen MR) is 71.7 cm³/mol. The number of carbonyl (C=O) groups is 2. The van der Waals surface area contributed by atoms with Gasteiger partial charge < -0.3 is 14.4 Å². The van der Waals surface area contributed by atoms with E-state index in [1.165, 1.54) is 13.2 Å². The van der Waals surface area contributed by atoms with Gasteiger partial charge in [0.05, 0.1) is 7.11 Å². The molecule has 0 aromatic heterocycles. The number of likely N-dealkylation sites (tertiary alicyclic amines) is 1. The van der Waals surface area contributed by atoms with E-state index in [0.29, 0.717) is 19.0 Å². The third kappa shape index (κ3) is 5.77. The fourth-order valence-corrected chi connectivity index (χ4v) is 1.88. The second-order valence-corrected chi connectivity index (χ2v) is 5.69. The molecular weight excluding hydrogens is 246 g/mol. The zero-order chi connectivity index (χ0) is 14.5. The monoisotopic (exact) mass is 269 g/mol. The summed E-state index contributed by atoms with van der Waals surface area (Å²) in [6, 6.07) is 0. The molecular formula is C14H23NO4. The normalized spacial score (nSPS) is 17.6. The quantitative estimate of drug-likeness (QED) is 0.570. The molecule has 1 fully saturated rings. The molecule has 0 aromatic rings. The maximum absolute atomic E-state index is 11.8. The Hall–Kier alpha value is -1.52. The molecule has 0 aromatic carbocycles. The van der Waals surface area contributed by atoms with E-state index in [1.54, 1.807) is 4.90 Å². The third-order valence-corrected chi connectivity index (χ3v) is 2.90. The SMILES string of the molecule is COC(=O)C=CC1CCN(C(=O)OC(C)(C)C)CC1. The van der Waals surface area contributed by atoms with Gasteiger partial charge in [0.15, 0.2) is 0 Å². The summed E-state index contributed by atoms with van der Waals surface area (Å²) >= 11 is 0. The summed E-state index contributed by atoms with van der Waals surface area (Å²) in [7, 11) is 1.36. The topological polar surface area (TPSA) is 55.8 Å². The molecule has 108 valence electrons. The summed E-state index contributed by atoms with van der Waals surface area (Å²) in [6.45, 7) is 6.89. The Bertz CT molecular complexity index is 349. The Morgan fingerprint density at radius 2 is 1.79 bits per heavy atom. The van der Waals surface area contributed by atoms with Crippen LogP contribution >= 0.6 is 0 Å². The molecule has 0 radical (unpaired) electrons. The maximum atomic E-state index is 11.8. The van der Waals surface area contributed by atoms with Crippen LogP contribution in [0.25, 0.3) is 0 Å². The summed E-state index contributed by atoms with van der Waals surface area (Å²) in [5.41, 5.74) is -0.460. The minimum atomic E-state index is -0.460. The minimum absolute atomic E-state index is 0.261. The van der Waals surface area contributed by atoms with Gasteiger partial charge in [-0.2, -0.15) is 0 Å². The minimum Gasteiger partial charge on any atom is -0.466 e. The van der Waals surface area contributed by atoms with E-state index >= 15 is 0 Å². The molecule has 0 atom stereocenters. The van der Waals surface area contributed by atoms with Crippen LogP contribution in [0.2, 0.25) is 0 Å². The van der Waals surface area contributed by atoms with Gasteiger partial charge in [0.1, 0.15) is 5.60 Å². The summed E-state index contributed by atoms with van der Waals surface area (Å²) < 4.78 is 9.87.